The molecule has 0 amide bonds. The molecule has 0 saturated heterocycles. The smallest absolute Gasteiger partial charge is 0.183 e. The van der Waals surface area contributed by atoms with Crippen LogP contribution in [0, 0.1) is 19.3 Å². The zero-order valence-electron chi connectivity index (χ0n) is 22.8. The summed E-state index contributed by atoms with van der Waals surface area (Å²) in [5.41, 5.74) is 6.11. The molecule has 8 heteroatoms. The maximum atomic E-state index is 13.8. The molecule has 2 aromatic carbocycles. The quantitative estimate of drug-likeness (QED) is 0.227. The molecular weight excluding hydrogens is 524 g/mol. The summed E-state index contributed by atoms with van der Waals surface area (Å²) < 4.78 is 13.3. The number of nitrogens with one attached hydrogen (secondary N) is 1. The van der Waals surface area contributed by atoms with Gasteiger partial charge in [0.1, 0.15) is 17.1 Å². The molecule has 0 atom stereocenters. The maximum Gasteiger partial charge on any atom is 0.183 e. The molecule has 1 aliphatic rings. The lowest BCUT2D eigenvalue weighted by Gasteiger charge is -2.29. The number of fused-ring (bicyclic) bond motifs is 1. The van der Waals surface area contributed by atoms with Crippen molar-refractivity contribution in [3.63, 3.8) is 0 Å². The molecular formula is C32H29ClN4O3. The van der Waals surface area contributed by atoms with Gasteiger partial charge >= 0.3 is 0 Å². The zero-order chi connectivity index (χ0) is 28.0. The van der Waals surface area contributed by atoms with Gasteiger partial charge in [-0.05, 0) is 49.5 Å². The van der Waals surface area contributed by atoms with Crippen LogP contribution in [0.4, 0.5) is 11.4 Å². The van der Waals surface area contributed by atoms with Gasteiger partial charge in [0.25, 0.3) is 0 Å². The summed E-state index contributed by atoms with van der Waals surface area (Å²) in [5.74, 6) is 1.94. The summed E-state index contributed by atoms with van der Waals surface area (Å²) in [6.45, 7) is 7.98. The Hall–Kier alpha value is -4.36. The summed E-state index contributed by atoms with van der Waals surface area (Å²) in [6.07, 6.45) is 4.91. The first kappa shape index (κ1) is 25.9. The minimum Gasteiger partial charge on any atom is -0.360 e. The van der Waals surface area contributed by atoms with Crippen LogP contribution in [-0.4, -0.2) is 20.7 Å². The molecule has 202 valence electrons. The predicted molar refractivity (Wildman–Crippen MR) is 157 cm³/mol. The average molecular weight is 553 g/mol. The minimum atomic E-state index is -0.206. The van der Waals surface area contributed by atoms with Crippen molar-refractivity contribution in [2.45, 2.75) is 40.5 Å². The van der Waals surface area contributed by atoms with Crippen LogP contribution >= 0.6 is 11.6 Å². The highest BCUT2D eigenvalue weighted by molar-refractivity contribution is 6.30. The van der Waals surface area contributed by atoms with Crippen LogP contribution < -0.4 is 5.32 Å². The van der Waals surface area contributed by atoms with E-state index >= 15 is 0 Å². The van der Waals surface area contributed by atoms with Gasteiger partial charge in [-0.1, -0.05) is 84.3 Å². The monoisotopic (exact) mass is 552 g/mol. The van der Waals surface area contributed by atoms with Crippen LogP contribution in [0.5, 0.6) is 0 Å². The standard InChI is InChI=1S/C32H29ClN4O3/c1-19-15-27(36-39-19)37-24-17-32(3,4)18-25(38)28(24)30(31(37)22-10-6-5-7-11-22)34-29-20(2)35-40-26(29)14-13-21-9-8-12-23(33)16-21/h5-16,34H,17-18H2,1-4H3/b14-13+. The topological polar surface area (TPSA) is 86.1 Å². The molecule has 0 fully saturated rings. The number of rotatable bonds is 6. The zero-order valence-corrected chi connectivity index (χ0v) is 23.5. The fourth-order valence-electron chi connectivity index (χ4n) is 5.39. The number of Topliss-reactive ketones (excluding diaryl/α,β-unsaturated/α-hetero) is 1. The molecule has 0 aliphatic heterocycles. The van der Waals surface area contributed by atoms with E-state index in [0.717, 1.165) is 22.5 Å². The van der Waals surface area contributed by atoms with Crippen molar-refractivity contribution in [1.82, 2.24) is 14.9 Å². The summed E-state index contributed by atoms with van der Waals surface area (Å²) in [7, 11) is 0. The summed E-state index contributed by atoms with van der Waals surface area (Å²) in [4.78, 5) is 13.8. The number of ketones is 1. The van der Waals surface area contributed by atoms with Crippen LogP contribution in [0.2, 0.25) is 5.02 Å². The van der Waals surface area contributed by atoms with E-state index in [9.17, 15) is 4.79 Å². The molecule has 1 aliphatic carbocycles. The van der Waals surface area contributed by atoms with E-state index in [1.54, 1.807) is 0 Å². The number of carbonyl (C=O) groups excluding carboxylic acids is 1. The number of aryl methyl sites for hydroxylation is 2. The van der Waals surface area contributed by atoms with E-state index < -0.39 is 0 Å². The lowest BCUT2D eigenvalue weighted by molar-refractivity contribution is 0.0911. The molecule has 3 aromatic heterocycles. The largest absolute Gasteiger partial charge is 0.360 e. The van der Waals surface area contributed by atoms with Crippen LogP contribution in [0.1, 0.15) is 59.1 Å². The molecule has 0 spiro atoms. The molecule has 0 saturated carbocycles. The molecule has 0 unspecified atom stereocenters. The SMILES string of the molecule is Cc1cc(-n2c3c(c(Nc4c(C)noc4/C=C/c4cccc(Cl)c4)c2-c2ccccc2)C(=O)CC(C)(C)C3)no1. The van der Waals surface area contributed by atoms with Gasteiger partial charge in [0, 0.05) is 28.8 Å². The lowest BCUT2D eigenvalue weighted by Crippen LogP contribution is -2.28. The van der Waals surface area contributed by atoms with Crippen molar-refractivity contribution in [3.8, 4) is 17.1 Å². The second kappa shape index (κ2) is 9.99. The average Bonchev–Trinajstić information content (AvgIpc) is 3.58. The molecule has 5 aromatic rings. The number of hydrogen-bond acceptors (Lipinski definition) is 6. The first-order chi connectivity index (χ1) is 19.2. The normalized spacial score (nSPS) is 14.6. The number of nitrogens with zero attached hydrogens (tertiary/aromatic N) is 3. The fourth-order valence-corrected chi connectivity index (χ4v) is 5.59. The van der Waals surface area contributed by atoms with Gasteiger partial charge in [-0.15, -0.1) is 0 Å². The Morgan fingerprint density at radius 3 is 2.48 bits per heavy atom. The number of aromatic nitrogens is 3. The first-order valence-corrected chi connectivity index (χ1v) is 13.5. The fraction of sp³-hybridized carbons (Fsp3) is 0.219. The van der Waals surface area contributed by atoms with E-state index in [-0.39, 0.29) is 11.2 Å². The Morgan fingerprint density at radius 1 is 0.950 bits per heavy atom. The summed E-state index contributed by atoms with van der Waals surface area (Å²) >= 11 is 6.17. The molecule has 6 rings (SSSR count). The van der Waals surface area contributed by atoms with E-state index in [2.05, 4.69) is 34.0 Å². The number of anilines is 2. The van der Waals surface area contributed by atoms with E-state index in [4.69, 9.17) is 20.6 Å². The van der Waals surface area contributed by atoms with Crippen molar-refractivity contribution >= 4 is 40.9 Å². The highest BCUT2D eigenvalue weighted by atomic mass is 35.5. The molecule has 0 radical (unpaired) electrons. The maximum absolute atomic E-state index is 13.8. The van der Waals surface area contributed by atoms with Crippen molar-refractivity contribution < 1.29 is 13.8 Å². The van der Waals surface area contributed by atoms with Crippen LogP contribution in [0.3, 0.4) is 0 Å². The van der Waals surface area contributed by atoms with Crippen LogP contribution in [0.15, 0.2) is 69.7 Å². The van der Waals surface area contributed by atoms with Crippen molar-refractivity contribution in [2.24, 2.45) is 5.41 Å². The van der Waals surface area contributed by atoms with Gasteiger partial charge in [-0.2, -0.15) is 0 Å². The second-order valence-corrected chi connectivity index (χ2v) is 11.4. The Morgan fingerprint density at radius 2 is 1.75 bits per heavy atom. The molecule has 40 heavy (non-hydrogen) atoms. The van der Waals surface area contributed by atoms with E-state index in [1.807, 2.05) is 86.7 Å². The summed E-state index contributed by atoms with van der Waals surface area (Å²) in [6, 6.07) is 19.5. The van der Waals surface area contributed by atoms with Crippen LogP contribution in [0.25, 0.3) is 29.2 Å². The lowest BCUT2D eigenvalue weighted by atomic mass is 9.76. The Bertz CT molecular complexity index is 1760. The third-order valence-electron chi connectivity index (χ3n) is 7.14. The molecule has 3 heterocycles. The molecule has 0 bridgehead atoms. The van der Waals surface area contributed by atoms with Crippen LogP contribution in [-0.2, 0) is 6.42 Å². The van der Waals surface area contributed by atoms with Crippen molar-refractivity contribution in [1.29, 1.82) is 0 Å². The van der Waals surface area contributed by atoms with Gasteiger partial charge in [0.2, 0.25) is 0 Å². The third kappa shape index (κ3) is 4.77. The Labute approximate surface area is 237 Å². The molecule has 1 N–H and O–H groups in total. The van der Waals surface area contributed by atoms with Crippen molar-refractivity contribution in [2.75, 3.05) is 5.32 Å². The number of hydrogen-bond donors (Lipinski definition) is 1. The third-order valence-corrected chi connectivity index (χ3v) is 7.37. The minimum absolute atomic E-state index is 0.0787. The Kier molecular flexibility index (Phi) is 6.47. The number of halogens is 1. The second-order valence-electron chi connectivity index (χ2n) is 11.0. The molecule has 7 nitrogen and oxygen atoms in total. The van der Waals surface area contributed by atoms with Gasteiger partial charge in [0.05, 0.1) is 16.9 Å². The van der Waals surface area contributed by atoms with Gasteiger partial charge in [-0.25, -0.2) is 0 Å². The predicted octanol–water partition coefficient (Wildman–Crippen LogP) is 8.46. The first-order valence-electron chi connectivity index (χ1n) is 13.2. The Balaban J connectivity index is 1.56. The van der Waals surface area contributed by atoms with Gasteiger partial charge in [-0.3, -0.25) is 9.36 Å². The van der Waals surface area contributed by atoms with Gasteiger partial charge in [0.15, 0.2) is 17.4 Å². The summed E-state index contributed by atoms with van der Waals surface area (Å²) in [5, 5.41) is 12.8. The number of benzene rings is 2. The van der Waals surface area contributed by atoms with E-state index in [1.165, 1.54) is 0 Å². The van der Waals surface area contributed by atoms with E-state index in [0.29, 0.717) is 57.8 Å². The van der Waals surface area contributed by atoms with Gasteiger partial charge < -0.3 is 14.4 Å². The number of carbonyl (C=O) groups is 1. The highest BCUT2D eigenvalue weighted by Gasteiger charge is 2.39. The van der Waals surface area contributed by atoms with Crippen molar-refractivity contribution in [3.05, 3.63) is 99.7 Å². The highest BCUT2D eigenvalue weighted by Crippen LogP contribution is 2.47.